The Morgan fingerprint density at radius 2 is 1.26 bits per heavy atom. The standard InChI is InChI=1S/C30H35N3O4S/c1-23-21-33(22-24(2)37-23)38(35,36)28-15-13-27(14-16-28)30(34)32-19-17-31(18-20-32)29(25-9-5-3-6-10-25)26-11-7-4-8-12-26/h3-16,23-24,29H,17-22H2,1-2H3/t23-,24+. The van der Waals surface area contributed by atoms with E-state index in [4.69, 9.17) is 4.74 Å². The van der Waals surface area contributed by atoms with Crippen LogP contribution in [-0.2, 0) is 14.8 Å². The Morgan fingerprint density at radius 1 is 0.763 bits per heavy atom. The van der Waals surface area contributed by atoms with Crippen LogP contribution in [0.5, 0.6) is 0 Å². The van der Waals surface area contributed by atoms with Crippen molar-refractivity contribution >= 4 is 15.9 Å². The summed E-state index contributed by atoms with van der Waals surface area (Å²) in [6.07, 6.45) is -0.312. The van der Waals surface area contributed by atoms with Crippen LogP contribution in [0.2, 0.25) is 0 Å². The van der Waals surface area contributed by atoms with E-state index in [2.05, 4.69) is 53.4 Å². The molecule has 2 atom stereocenters. The molecule has 0 N–H and O–H groups in total. The van der Waals surface area contributed by atoms with E-state index in [1.165, 1.54) is 15.4 Å². The number of carbonyl (C=O) groups is 1. The zero-order valence-electron chi connectivity index (χ0n) is 21.9. The van der Waals surface area contributed by atoms with Crippen LogP contribution < -0.4 is 0 Å². The molecule has 5 rings (SSSR count). The number of ether oxygens (including phenoxy) is 1. The molecule has 2 saturated heterocycles. The molecule has 0 aromatic heterocycles. The van der Waals surface area contributed by atoms with Crippen molar-refractivity contribution in [2.75, 3.05) is 39.3 Å². The first-order chi connectivity index (χ1) is 18.3. The highest BCUT2D eigenvalue weighted by molar-refractivity contribution is 7.89. The zero-order valence-corrected chi connectivity index (χ0v) is 22.8. The smallest absolute Gasteiger partial charge is 0.253 e. The van der Waals surface area contributed by atoms with Crippen molar-refractivity contribution in [2.24, 2.45) is 0 Å². The molecule has 2 heterocycles. The lowest BCUT2D eigenvalue weighted by atomic mass is 9.96. The third-order valence-corrected chi connectivity index (χ3v) is 9.17. The Labute approximate surface area is 225 Å². The first-order valence-electron chi connectivity index (χ1n) is 13.2. The molecular weight excluding hydrogens is 498 g/mol. The number of piperazine rings is 1. The summed E-state index contributed by atoms with van der Waals surface area (Å²) >= 11 is 0. The molecule has 0 aliphatic carbocycles. The van der Waals surface area contributed by atoms with Gasteiger partial charge in [0, 0.05) is 44.8 Å². The Morgan fingerprint density at radius 3 is 1.76 bits per heavy atom. The second-order valence-corrected chi connectivity index (χ2v) is 12.1. The Kier molecular flexibility index (Phi) is 7.95. The van der Waals surface area contributed by atoms with Gasteiger partial charge in [-0.25, -0.2) is 8.42 Å². The van der Waals surface area contributed by atoms with Crippen LogP contribution in [0.25, 0.3) is 0 Å². The third kappa shape index (κ3) is 5.68. The van der Waals surface area contributed by atoms with Crippen molar-refractivity contribution < 1.29 is 17.9 Å². The Hall–Kier alpha value is -3.04. The molecule has 1 amide bonds. The number of sulfonamides is 1. The van der Waals surface area contributed by atoms with E-state index in [0.717, 1.165) is 13.1 Å². The van der Waals surface area contributed by atoms with Gasteiger partial charge in [-0.15, -0.1) is 0 Å². The van der Waals surface area contributed by atoms with Gasteiger partial charge in [0.05, 0.1) is 23.1 Å². The van der Waals surface area contributed by atoms with Gasteiger partial charge in [-0.2, -0.15) is 4.31 Å². The molecule has 0 radical (unpaired) electrons. The molecule has 3 aromatic carbocycles. The highest BCUT2D eigenvalue weighted by Gasteiger charge is 2.33. The molecule has 2 fully saturated rings. The van der Waals surface area contributed by atoms with E-state index in [0.29, 0.717) is 31.7 Å². The minimum absolute atomic E-state index is 0.0711. The van der Waals surface area contributed by atoms with Crippen molar-refractivity contribution in [3.05, 3.63) is 102 Å². The molecule has 3 aromatic rings. The van der Waals surface area contributed by atoms with Crippen molar-refractivity contribution in [3.63, 3.8) is 0 Å². The molecule has 38 heavy (non-hydrogen) atoms. The molecule has 0 saturated carbocycles. The minimum Gasteiger partial charge on any atom is -0.373 e. The van der Waals surface area contributed by atoms with Crippen molar-refractivity contribution in [1.29, 1.82) is 0 Å². The number of rotatable bonds is 6. The Bertz CT molecular complexity index is 1280. The molecule has 0 spiro atoms. The molecule has 2 aliphatic rings. The van der Waals surface area contributed by atoms with E-state index >= 15 is 0 Å². The van der Waals surface area contributed by atoms with E-state index in [9.17, 15) is 13.2 Å². The first kappa shape index (κ1) is 26.6. The summed E-state index contributed by atoms with van der Waals surface area (Å²) in [6, 6.07) is 27.4. The van der Waals surface area contributed by atoms with Crippen LogP contribution in [0.15, 0.2) is 89.8 Å². The fourth-order valence-electron chi connectivity index (χ4n) is 5.50. The summed E-state index contributed by atoms with van der Waals surface area (Å²) in [4.78, 5) is 17.8. The largest absolute Gasteiger partial charge is 0.373 e. The van der Waals surface area contributed by atoms with E-state index < -0.39 is 10.0 Å². The molecule has 200 valence electrons. The maximum atomic E-state index is 13.3. The molecule has 7 nitrogen and oxygen atoms in total. The highest BCUT2D eigenvalue weighted by atomic mass is 32.2. The van der Waals surface area contributed by atoms with Crippen molar-refractivity contribution in [3.8, 4) is 0 Å². The van der Waals surface area contributed by atoms with Gasteiger partial charge in [-0.1, -0.05) is 60.7 Å². The topological polar surface area (TPSA) is 70.2 Å². The van der Waals surface area contributed by atoms with E-state index in [1.807, 2.05) is 30.9 Å². The number of morpholine rings is 1. The third-order valence-electron chi connectivity index (χ3n) is 7.32. The maximum absolute atomic E-state index is 13.3. The van der Waals surface area contributed by atoms with Crippen molar-refractivity contribution in [1.82, 2.24) is 14.1 Å². The average Bonchev–Trinajstić information content (AvgIpc) is 2.94. The second kappa shape index (κ2) is 11.4. The van der Waals surface area contributed by atoms with Gasteiger partial charge >= 0.3 is 0 Å². The average molecular weight is 534 g/mol. The van der Waals surface area contributed by atoms with E-state index in [-0.39, 0.29) is 29.1 Å². The molecule has 0 unspecified atom stereocenters. The lowest BCUT2D eigenvalue weighted by Crippen LogP contribution is -2.49. The molecule has 8 heteroatoms. The number of amides is 1. The summed E-state index contributed by atoms with van der Waals surface area (Å²) < 4.78 is 33.5. The van der Waals surface area contributed by atoms with Crippen LogP contribution >= 0.6 is 0 Å². The summed E-state index contributed by atoms with van der Waals surface area (Å²) in [5.41, 5.74) is 2.97. The normalized spacial score (nSPS) is 21.5. The number of nitrogens with zero attached hydrogens (tertiary/aromatic N) is 3. The van der Waals surface area contributed by atoms with Gasteiger partial charge in [0.1, 0.15) is 0 Å². The van der Waals surface area contributed by atoms with Crippen LogP contribution in [0.1, 0.15) is 41.4 Å². The van der Waals surface area contributed by atoms with Gasteiger partial charge < -0.3 is 9.64 Å². The van der Waals surface area contributed by atoms with Crippen LogP contribution in [0.3, 0.4) is 0 Å². The summed E-state index contributed by atoms with van der Waals surface area (Å²) in [5, 5.41) is 0. The number of hydrogen-bond donors (Lipinski definition) is 0. The van der Waals surface area contributed by atoms with Gasteiger partial charge in [0.25, 0.3) is 5.91 Å². The zero-order chi connectivity index (χ0) is 26.7. The second-order valence-electron chi connectivity index (χ2n) is 10.2. The molecule has 2 aliphatic heterocycles. The minimum atomic E-state index is -3.64. The molecule has 0 bridgehead atoms. The Balaban J connectivity index is 1.26. The summed E-state index contributed by atoms with van der Waals surface area (Å²) in [7, 11) is -3.64. The highest BCUT2D eigenvalue weighted by Crippen LogP contribution is 2.30. The lowest BCUT2D eigenvalue weighted by molar-refractivity contribution is -0.0440. The van der Waals surface area contributed by atoms with Gasteiger partial charge in [0.15, 0.2) is 0 Å². The van der Waals surface area contributed by atoms with Crippen LogP contribution in [0.4, 0.5) is 0 Å². The number of hydrogen-bond acceptors (Lipinski definition) is 5. The van der Waals surface area contributed by atoms with E-state index in [1.54, 1.807) is 24.3 Å². The lowest BCUT2D eigenvalue weighted by Gasteiger charge is -2.39. The predicted octanol–water partition coefficient (Wildman–Crippen LogP) is 4.03. The number of carbonyl (C=O) groups excluding carboxylic acids is 1. The fourth-order valence-corrected chi connectivity index (χ4v) is 7.09. The van der Waals surface area contributed by atoms with Gasteiger partial charge in [0.2, 0.25) is 10.0 Å². The van der Waals surface area contributed by atoms with Crippen LogP contribution in [0, 0.1) is 0 Å². The number of benzene rings is 3. The van der Waals surface area contributed by atoms with Crippen LogP contribution in [-0.4, -0.2) is 79.9 Å². The van der Waals surface area contributed by atoms with Gasteiger partial charge in [-0.05, 0) is 49.2 Å². The molecular formula is C30H35N3O4S. The summed E-state index contributed by atoms with van der Waals surface area (Å²) in [5.74, 6) is -0.0711. The SMILES string of the molecule is C[C@@H]1CN(S(=O)(=O)c2ccc(C(=O)N3CCN(C(c4ccccc4)c4ccccc4)CC3)cc2)C[C@H](C)O1. The van der Waals surface area contributed by atoms with Crippen molar-refractivity contribution in [2.45, 2.75) is 37.0 Å². The monoisotopic (exact) mass is 533 g/mol. The first-order valence-corrected chi connectivity index (χ1v) is 14.7. The summed E-state index contributed by atoms with van der Waals surface area (Å²) in [6.45, 7) is 7.12. The predicted molar refractivity (Wildman–Crippen MR) is 147 cm³/mol. The fraction of sp³-hybridized carbons (Fsp3) is 0.367. The maximum Gasteiger partial charge on any atom is 0.253 e. The quantitative estimate of drug-likeness (QED) is 0.479. The van der Waals surface area contributed by atoms with Gasteiger partial charge in [-0.3, -0.25) is 9.69 Å².